The normalized spacial score (nSPS) is 17.5. The zero-order valence-electron chi connectivity index (χ0n) is 16.6. The minimum absolute atomic E-state index is 0.00792. The van der Waals surface area contributed by atoms with Crippen molar-refractivity contribution in [1.29, 1.82) is 0 Å². The average molecular weight is 412 g/mol. The van der Waals surface area contributed by atoms with Gasteiger partial charge in [0.15, 0.2) is 0 Å². The number of aromatic nitrogens is 2. The first-order valence-electron chi connectivity index (χ1n) is 10.0. The number of halogens is 1. The summed E-state index contributed by atoms with van der Waals surface area (Å²) < 4.78 is 1.67. The van der Waals surface area contributed by atoms with Gasteiger partial charge < -0.3 is 10.6 Å². The number of piperazine rings is 1. The predicted molar refractivity (Wildman–Crippen MR) is 119 cm³/mol. The Morgan fingerprint density at radius 2 is 2.07 bits per heavy atom. The van der Waals surface area contributed by atoms with Gasteiger partial charge in [-0.15, -0.1) is 0 Å². The molecule has 0 aliphatic carbocycles. The summed E-state index contributed by atoms with van der Waals surface area (Å²) in [5, 5.41) is 8.26. The van der Waals surface area contributed by atoms with Crippen molar-refractivity contribution in [2.75, 3.05) is 31.6 Å². The SMILES string of the molecule is C[C@H]1CN(CNc2ccc3c(=O)n(CCc4ccc(Cl)cc4)cnc3c2)CCN1. The maximum Gasteiger partial charge on any atom is 0.261 e. The molecule has 0 unspecified atom stereocenters. The van der Waals surface area contributed by atoms with E-state index in [9.17, 15) is 4.79 Å². The molecule has 1 aliphatic heterocycles. The van der Waals surface area contributed by atoms with Crippen LogP contribution in [0.3, 0.4) is 0 Å². The van der Waals surface area contributed by atoms with Crippen LogP contribution in [0.2, 0.25) is 5.02 Å². The summed E-state index contributed by atoms with van der Waals surface area (Å²) in [6.07, 6.45) is 2.40. The van der Waals surface area contributed by atoms with E-state index in [1.165, 1.54) is 0 Å². The highest BCUT2D eigenvalue weighted by atomic mass is 35.5. The van der Waals surface area contributed by atoms with E-state index in [1.807, 2.05) is 42.5 Å². The zero-order valence-corrected chi connectivity index (χ0v) is 17.3. The molecular formula is C22H26ClN5O. The summed E-state index contributed by atoms with van der Waals surface area (Å²) >= 11 is 5.93. The van der Waals surface area contributed by atoms with Crippen molar-refractivity contribution in [2.24, 2.45) is 0 Å². The number of nitrogens with zero attached hydrogens (tertiary/aromatic N) is 3. The van der Waals surface area contributed by atoms with E-state index in [0.29, 0.717) is 23.0 Å². The smallest absolute Gasteiger partial charge is 0.261 e. The van der Waals surface area contributed by atoms with Crippen LogP contribution in [0.4, 0.5) is 5.69 Å². The topological polar surface area (TPSA) is 62.2 Å². The Morgan fingerprint density at radius 1 is 1.24 bits per heavy atom. The van der Waals surface area contributed by atoms with Gasteiger partial charge in [-0.25, -0.2) is 4.98 Å². The highest BCUT2D eigenvalue weighted by Gasteiger charge is 2.15. The molecule has 0 amide bonds. The van der Waals surface area contributed by atoms with Crippen LogP contribution >= 0.6 is 11.6 Å². The average Bonchev–Trinajstić information content (AvgIpc) is 2.73. The molecule has 0 radical (unpaired) electrons. The van der Waals surface area contributed by atoms with Crippen molar-refractivity contribution in [3.8, 4) is 0 Å². The molecule has 0 saturated carbocycles. The van der Waals surface area contributed by atoms with E-state index < -0.39 is 0 Å². The fourth-order valence-electron chi connectivity index (χ4n) is 3.69. The fraction of sp³-hybridized carbons (Fsp3) is 0.364. The minimum Gasteiger partial charge on any atom is -0.372 e. The summed E-state index contributed by atoms with van der Waals surface area (Å²) in [6, 6.07) is 14.0. The summed E-state index contributed by atoms with van der Waals surface area (Å²) in [7, 11) is 0. The number of benzene rings is 2. The molecule has 152 valence electrons. The molecule has 0 spiro atoms. The Morgan fingerprint density at radius 3 is 2.86 bits per heavy atom. The van der Waals surface area contributed by atoms with Crippen molar-refractivity contribution >= 4 is 28.2 Å². The first-order valence-corrected chi connectivity index (χ1v) is 10.4. The second kappa shape index (κ2) is 8.95. The summed E-state index contributed by atoms with van der Waals surface area (Å²) in [4.78, 5) is 19.7. The zero-order chi connectivity index (χ0) is 20.2. The van der Waals surface area contributed by atoms with Gasteiger partial charge in [0.05, 0.1) is 23.9 Å². The molecule has 1 fully saturated rings. The maximum absolute atomic E-state index is 12.8. The van der Waals surface area contributed by atoms with Crippen molar-refractivity contribution in [2.45, 2.75) is 25.9 Å². The fourth-order valence-corrected chi connectivity index (χ4v) is 3.81. The van der Waals surface area contributed by atoms with E-state index in [4.69, 9.17) is 11.6 Å². The molecular weight excluding hydrogens is 386 g/mol. The number of aryl methyl sites for hydroxylation is 2. The van der Waals surface area contributed by atoms with E-state index >= 15 is 0 Å². The molecule has 0 bridgehead atoms. The van der Waals surface area contributed by atoms with Crippen LogP contribution in [-0.4, -0.2) is 46.8 Å². The van der Waals surface area contributed by atoms with Gasteiger partial charge in [-0.3, -0.25) is 14.3 Å². The number of anilines is 1. The Kier molecular flexibility index (Phi) is 6.13. The molecule has 29 heavy (non-hydrogen) atoms. The minimum atomic E-state index is -0.00792. The lowest BCUT2D eigenvalue weighted by Crippen LogP contribution is -2.50. The maximum atomic E-state index is 12.8. The Labute approximate surface area is 175 Å². The quantitative estimate of drug-likeness (QED) is 0.653. The third-order valence-corrected chi connectivity index (χ3v) is 5.59. The number of fused-ring (bicyclic) bond motifs is 1. The molecule has 1 aliphatic rings. The molecule has 2 aromatic carbocycles. The van der Waals surface area contributed by atoms with Crippen molar-refractivity contribution in [3.05, 3.63) is 69.7 Å². The Balaban J connectivity index is 1.43. The lowest BCUT2D eigenvalue weighted by atomic mass is 10.1. The Bertz CT molecular complexity index is 1030. The van der Waals surface area contributed by atoms with Crippen molar-refractivity contribution in [3.63, 3.8) is 0 Å². The molecule has 2 heterocycles. The lowest BCUT2D eigenvalue weighted by molar-refractivity contribution is 0.220. The monoisotopic (exact) mass is 411 g/mol. The van der Waals surface area contributed by atoms with E-state index in [2.05, 4.69) is 27.4 Å². The van der Waals surface area contributed by atoms with Crippen LogP contribution in [-0.2, 0) is 13.0 Å². The van der Waals surface area contributed by atoms with Crippen LogP contribution in [0.5, 0.6) is 0 Å². The first kappa shape index (κ1) is 19.9. The lowest BCUT2D eigenvalue weighted by Gasteiger charge is -2.32. The molecule has 4 rings (SSSR count). The van der Waals surface area contributed by atoms with Crippen LogP contribution in [0.15, 0.2) is 53.6 Å². The second-order valence-electron chi connectivity index (χ2n) is 7.62. The van der Waals surface area contributed by atoms with Gasteiger partial charge in [-0.2, -0.15) is 0 Å². The third-order valence-electron chi connectivity index (χ3n) is 5.34. The number of hydrogen-bond acceptors (Lipinski definition) is 5. The standard InChI is InChI=1S/C22H26ClN5O/c1-16-13-27(11-9-24-16)14-25-19-6-7-20-21(12-19)26-15-28(22(20)29)10-8-17-2-4-18(23)5-3-17/h2-7,12,15-16,24-25H,8-11,13-14H2,1H3/t16-/m0/s1. The number of nitrogens with one attached hydrogen (secondary N) is 2. The van der Waals surface area contributed by atoms with E-state index in [-0.39, 0.29) is 5.56 Å². The third kappa shape index (κ3) is 4.96. The summed E-state index contributed by atoms with van der Waals surface area (Å²) in [5.41, 5.74) is 2.83. The van der Waals surface area contributed by atoms with E-state index in [0.717, 1.165) is 49.5 Å². The summed E-state index contributed by atoms with van der Waals surface area (Å²) in [5.74, 6) is 0. The Hall–Kier alpha value is -2.41. The van der Waals surface area contributed by atoms with Crippen LogP contribution in [0.1, 0.15) is 12.5 Å². The van der Waals surface area contributed by atoms with Gasteiger partial charge in [0.25, 0.3) is 5.56 Å². The molecule has 1 aromatic heterocycles. The summed E-state index contributed by atoms with van der Waals surface area (Å²) in [6.45, 7) is 6.64. The van der Waals surface area contributed by atoms with Crippen LogP contribution in [0.25, 0.3) is 10.9 Å². The van der Waals surface area contributed by atoms with Gasteiger partial charge in [0.2, 0.25) is 0 Å². The number of rotatable bonds is 6. The van der Waals surface area contributed by atoms with Gasteiger partial charge in [-0.05, 0) is 49.2 Å². The van der Waals surface area contributed by atoms with Crippen LogP contribution in [0, 0.1) is 0 Å². The van der Waals surface area contributed by atoms with Crippen molar-refractivity contribution < 1.29 is 0 Å². The van der Waals surface area contributed by atoms with E-state index in [1.54, 1.807) is 10.9 Å². The van der Waals surface area contributed by atoms with Gasteiger partial charge in [-0.1, -0.05) is 23.7 Å². The molecule has 6 nitrogen and oxygen atoms in total. The highest BCUT2D eigenvalue weighted by Crippen LogP contribution is 2.15. The molecule has 7 heteroatoms. The molecule has 1 atom stereocenters. The largest absolute Gasteiger partial charge is 0.372 e. The van der Waals surface area contributed by atoms with Crippen molar-refractivity contribution in [1.82, 2.24) is 19.8 Å². The van der Waals surface area contributed by atoms with Gasteiger partial charge in [0, 0.05) is 42.9 Å². The second-order valence-corrected chi connectivity index (χ2v) is 8.06. The highest BCUT2D eigenvalue weighted by molar-refractivity contribution is 6.30. The number of hydrogen-bond donors (Lipinski definition) is 2. The van der Waals surface area contributed by atoms with Gasteiger partial charge >= 0.3 is 0 Å². The first-order chi connectivity index (χ1) is 14.1. The molecule has 1 saturated heterocycles. The predicted octanol–water partition coefficient (Wildman–Crippen LogP) is 2.96. The molecule has 3 aromatic rings. The van der Waals surface area contributed by atoms with Gasteiger partial charge in [0.1, 0.15) is 0 Å². The van der Waals surface area contributed by atoms with Crippen LogP contribution < -0.4 is 16.2 Å². The molecule has 2 N–H and O–H groups in total.